The van der Waals surface area contributed by atoms with Gasteiger partial charge in [-0.05, 0) is 18.8 Å². The predicted octanol–water partition coefficient (Wildman–Crippen LogP) is 1.20. The van der Waals surface area contributed by atoms with E-state index in [4.69, 9.17) is 11.6 Å². The number of ketones is 1. The third-order valence-corrected chi connectivity index (χ3v) is 3.58. The van der Waals surface area contributed by atoms with E-state index in [0.29, 0.717) is 24.5 Å². The van der Waals surface area contributed by atoms with Gasteiger partial charge in [0.1, 0.15) is 11.7 Å². The Hall–Kier alpha value is -0.570. The zero-order chi connectivity index (χ0) is 10.1. The number of hydrogen-bond acceptors (Lipinski definition) is 2. The zero-order valence-electron chi connectivity index (χ0n) is 8.04. The summed E-state index contributed by atoms with van der Waals surface area (Å²) >= 11 is 5.52. The summed E-state index contributed by atoms with van der Waals surface area (Å²) in [5, 5.41) is 0. The lowest BCUT2D eigenvalue weighted by Crippen LogP contribution is -2.41. The van der Waals surface area contributed by atoms with E-state index in [9.17, 15) is 9.59 Å². The Bertz CT molecular complexity index is 267. The van der Waals surface area contributed by atoms with Crippen LogP contribution in [0.4, 0.5) is 0 Å². The van der Waals surface area contributed by atoms with Crippen LogP contribution in [-0.4, -0.2) is 35.1 Å². The maximum absolute atomic E-state index is 11.5. The average molecular weight is 216 g/mol. The summed E-state index contributed by atoms with van der Waals surface area (Å²) in [6, 6.07) is 0.155. The molecule has 1 aliphatic heterocycles. The molecule has 78 valence electrons. The molecule has 1 aliphatic carbocycles. The highest BCUT2D eigenvalue weighted by Gasteiger charge is 2.40. The second-order valence-electron chi connectivity index (χ2n) is 4.12. The van der Waals surface area contributed by atoms with Gasteiger partial charge in [0.15, 0.2) is 0 Å². The number of alkyl halides is 1. The molecular formula is C10H14ClNO2. The molecule has 2 aliphatic rings. The van der Waals surface area contributed by atoms with Crippen LogP contribution >= 0.6 is 11.6 Å². The Kier molecular flexibility index (Phi) is 2.77. The first kappa shape index (κ1) is 9.97. The van der Waals surface area contributed by atoms with Crippen molar-refractivity contribution in [3.63, 3.8) is 0 Å². The molecule has 1 saturated carbocycles. The lowest BCUT2D eigenvalue weighted by molar-refractivity contribution is -0.131. The fraction of sp³-hybridized carbons (Fsp3) is 0.800. The largest absolute Gasteiger partial charge is 0.338 e. The van der Waals surface area contributed by atoms with Crippen molar-refractivity contribution in [3.05, 3.63) is 0 Å². The van der Waals surface area contributed by atoms with Crippen LogP contribution in [0.3, 0.4) is 0 Å². The molecule has 0 spiro atoms. The topological polar surface area (TPSA) is 37.4 Å². The fourth-order valence-corrected chi connectivity index (χ4v) is 2.75. The lowest BCUT2D eigenvalue weighted by atomic mass is 9.84. The monoisotopic (exact) mass is 215 g/mol. The maximum Gasteiger partial charge on any atom is 0.237 e. The van der Waals surface area contributed by atoms with E-state index in [1.807, 2.05) is 0 Å². The van der Waals surface area contributed by atoms with E-state index in [2.05, 4.69) is 0 Å². The number of hydrogen-bond donors (Lipinski definition) is 0. The Morgan fingerprint density at radius 2 is 2.29 bits per heavy atom. The van der Waals surface area contributed by atoms with E-state index in [1.165, 1.54) is 0 Å². The normalized spacial score (nSPS) is 31.8. The number of rotatable bonds is 1. The molecule has 1 amide bonds. The van der Waals surface area contributed by atoms with Gasteiger partial charge >= 0.3 is 0 Å². The van der Waals surface area contributed by atoms with Gasteiger partial charge in [0.25, 0.3) is 0 Å². The molecule has 0 radical (unpaired) electrons. The minimum Gasteiger partial charge on any atom is -0.338 e. The lowest BCUT2D eigenvalue weighted by Gasteiger charge is -2.30. The maximum atomic E-state index is 11.5. The standard InChI is InChI=1S/C10H14ClNO2/c11-6-10(14)12-4-3-7-1-2-8(13)5-9(7)12/h7,9H,1-6H2. The molecule has 2 fully saturated rings. The Labute approximate surface area is 88.4 Å². The van der Waals surface area contributed by atoms with Crippen LogP contribution in [0, 0.1) is 5.92 Å². The number of carbonyl (C=O) groups excluding carboxylic acids is 2. The van der Waals surface area contributed by atoms with E-state index >= 15 is 0 Å². The SMILES string of the molecule is O=C1CCC2CCN(C(=O)CCl)C2C1. The smallest absolute Gasteiger partial charge is 0.237 e. The molecule has 0 aromatic rings. The van der Waals surface area contributed by atoms with Crippen molar-refractivity contribution >= 4 is 23.3 Å². The molecular weight excluding hydrogens is 202 g/mol. The van der Waals surface area contributed by atoms with E-state index in [1.54, 1.807) is 4.90 Å². The van der Waals surface area contributed by atoms with Gasteiger partial charge in [-0.15, -0.1) is 11.6 Å². The summed E-state index contributed by atoms with van der Waals surface area (Å²) in [5.41, 5.74) is 0. The Morgan fingerprint density at radius 1 is 1.50 bits per heavy atom. The summed E-state index contributed by atoms with van der Waals surface area (Å²) in [4.78, 5) is 24.5. The quantitative estimate of drug-likeness (QED) is 0.617. The van der Waals surface area contributed by atoms with Crippen molar-refractivity contribution in [3.8, 4) is 0 Å². The summed E-state index contributed by atoms with van der Waals surface area (Å²) < 4.78 is 0. The van der Waals surface area contributed by atoms with E-state index < -0.39 is 0 Å². The number of carbonyl (C=O) groups is 2. The van der Waals surface area contributed by atoms with Crippen molar-refractivity contribution in [2.45, 2.75) is 31.7 Å². The Balaban J connectivity index is 2.08. The molecule has 0 N–H and O–H groups in total. The zero-order valence-corrected chi connectivity index (χ0v) is 8.79. The van der Waals surface area contributed by atoms with Crippen LogP contribution in [0.25, 0.3) is 0 Å². The minimum absolute atomic E-state index is 0.0196. The second kappa shape index (κ2) is 3.89. The predicted molar refractivity (Wildman–Crippen MR) is 53.2 cm³/mol. The van der Waals surface area contributed by atoms with Gasteiger partial charge in [-0.1, -0.05) is 0 Å². The number of nitrogens with zero attached hydrogens (tertiary/aromatic N) is 1. The summed E-state index contributed by atoms with van der Waals surface area (Å²) in [6.45, 7) is 0.786. The van der Waals surface area contributed by atoms with Crippen LogP contribution in [0.2, 0.25) is 0 Å². The molecule has 4 heteroatoms. The molecule has 2 atom stereocenters. The van der Waals surface area contributed by atoms with Crippen LogP contribution in [0.15, 0.2) is 0 Å². The summed E-state index contributed by atoms with van der Waals surface area (Å²) in [5.74, 6) is 0.853. The van der Waals surface area contributed by atoms with Gasteiger partial charge in [-0.25, -0.2) is 0 Å². The second-order valence-corrected chi connectivity index (χ2v) is 4.39. The van der Waals surface area contributed by atoms with Crippen molar-refractivity contribution in [2.24, 2.45) is 5.92 Å². The summed E-state index contributed by atoms with van der Waals surface area (Å²) in [6.07, 6.45) is 3.24. The van der Waals surface area contributed by atoms with Crippen LogP contribution < -0.4 is 0 Å². The molecule has 3 nitrogen and oxygen atoms in total. The fourth-order valence-electron chi connectivity index (χ4n) is 2.60. The number of Topliss-reactive ketones (excluding diaryl/α,β-unsaturated/α-hetero) is 1. The highest BCUT2D eigenvalue weighted by atomic mass is 35.5. The van der Waals surface area contributed by atoms with Crippen LogP contribution in [0.5, 0.6) is 0 Å². The van der Waals surface area contributed by atoms with Gasteiger partial charge < -0.3 is 4.90 Å². The van der Waals surface area contributed by atoms with Crippen molar-refractivity contribution in [2.75, 3.05) is 12.4 Å². The summed E-state index contributed by atoms with van der Waals surface area (Å²) in [7, 11) is 0. The first-order valence-corrected chi connectivity index (χ1v) is 5.63. The molecule has 2 unspecified atom stereocenters. The molecule has 0 aromatic carbocycles. The van der Waals surface area contributed by atoms with Crippen molar-refractivity contribution in [1.29, 1.82) is 0 Å². The molecule has 1 saturated heterocycles. The highest BCUT2D eigenvalue weighted by Crippen LogP contribution is 2.34. The van der Waals surface area contributed by atoms with Gasteiger partial charge in [-0.2, -0.15) is 0 Å². The van der Waals surface area contributed by atoms with Crippen LogP contribution in [0.1, 0.15) is 25.7 Å². The third kappa shape index (κ3) is 1.65. The number of amides is 1. The molecule has 14 heavy (non-hydrogen) atoms. The molecule has 2 rings (SSSR count). The van der Waals surface area contributed by atoms with E-state index in [-0.39, 0.29) is 17.8 Å². The minimum atomic E-state index is -0.0196. The first-order valence-electron chi connectivity index (χ1n) is 5.09. The van der Waals surface area contributed by atoms with Crippen molar-refractivity contribution in [1.82, 2.24) is 4.90 Å². The van der Waals surface area contributed by atoms with Crippen molar-refractivity contribution < 1.29 is 9.59 Å². The van der Waals surface area contributed by atoms with Crippen LogP contribution in [-0.2, 0) is 9.59 Å². The molecule has 0 aromatic heterocycles. The molecule has 0 bridgehead atoms. The van der Waals surface area contributed by atoms with Gasteiger partial charge in [-0.3, -0.25) is 9.59 Å². The third-order valence-electron chi connectivity index (χ3n) is 3.35. The Morgan fingerprint density at radius 3 is 3.00 bits per heavy atom. The number of halogens is 1. The number of fused-ring (bicyclic) bond motifs is 1. The van der Waals surface area contributed by atoms with Gasteiger partial charge in [0.2, 0.25) is 5.91 Å². The van der Waals surface area contributed by atoms with Gasteiger partial charge in [0.05, 0.1) is 0 Å². The first-order chi connectivity index (χ1) is 6.72. The highest BCUT2D eigenvalue weighted by molar-refractivity contribution is 6.27. The van der Waals surface area contributed by atoms with E-state index in [0.717, 1.165) is 19.4 Å². The average Bonchev–Trinajstić information content (AvgIpc) is 2.59. The molecule has 1 heterocycles. The van der Waals surface area contributed by atoms with Gasteiger partial charge in [0, 0.05) is 25.4 Å². The number of likely N-dealkylation sites (tertiary alicyclic amines) is 1.